The number of ether oxygens (including phenoxy) is 1. The van der Waals surface area contributed by atoms with E-state index in [9.17, 15) is 19.8 Å². The zero-order valence-electron chi connectivity index (χ0n) is 22.2. The average molecular weight is 527 g/mol. The number of carbonyl (C=O) groups excluding carboxylic acids is 2. The Balaban J connectivity index is 1.54. The van der Waals surface area contributed by atoms with Gasteiger partial charge in [-0.3, -0.25) is 9.59 Å². The van der Waals surface area contributed by atoms with Crippen molar-refractivity contribution in [3.63, 3.8) is 0 Å². The Hall–Kier alpha value is -4.20. The largest absolute Gasteiger partial charge is 0.461 e. The fraction of sp³-hybridized carbons (Fsp3) is 0.250. The van der Waals surface area contributed by atoms with Gasteiger partial charge in [-0.25, -0.2) is 0 Å². The summed E-state index contributed by atoms with van der Waals surface area (Å²) in [4.78, 5) is 26.1. The minimum Gasteiger partial charge on any atom is -0.461 e. The number of hydrogen-bond acceptors (Lipinski definition) is 5. The van der Waals surface area contributed by atoms with Crippen molar-refractivity contribution < 1.29 is 24.5 Å². The van der Waals surface area contributed by atoms with Crippen LogP contribution in [0.25, 0.3) is 22.3 Å². The Kier molecular flexibility index (Phi) is 8.96. The molecule has 0 radical (unpaired) electrons. The van der Waals surface area contributed by atoms with Gasteiger partial charge in [0, 0.05) is 12.4 Å². The molecule has 1 aromatic heterocycles. The maximum absolute atomic E-state index is 13.4. The molecule has 2 atom stereocenters. The predicted molar refractivity (Wildman–Crippen MR) is 151 cm³/mol. The smallest absolute Gasteiger partial charge is 0.308 e. The summed E-state index contributed by atoms with van der Waals surface area (Å²) in [6, 6.07) is 27.5. The number of benzene rings is 3. The number of rotatable bonds is 11. The highest BCUT2D eigenvalue weighted by atomic mass is 16.5. The molecule has 0 bridgehead atoms. The van der Waals surface area contributed by atoms with Crippen LogP contribution in [0.5, 0.6) is 0 Å². The van der Waals surface area contributed by atoms with Crippen LogP contribution in [-0.2, 0) is 20.9 Å². The fourth-order valence-corrected chi connectivity index (χ4v) is 4.27. The summed E-state index contributed by atoms with van der Waals surface area (Å²) in [5.74, 6) is -1.04. The van der Waals surface area contributed by atoms with Crippen LogP contribution in [0.1, 0.15) is 31.9 Å². The summed E-state index contributed by atoms with van der Waals surface area (Å²) in [5, 5.41) is 22.8. The normalized spacial score (nSPS) is 12.9. The molecule has 0 saturated heterocycles. The lowest BCUT2D eigenvalue weighted by Gasteiger charge is -2.30. The number of nitrogens with zero attached hydrogens (tertiary/aromatic N) is 1. The molecule has 0 saturated carbocycles. The molecule has 1 heterocycles. The standard InChI is InChI=1S/C32H34N2O5/c1-32(2,38)29(21-35)33-31(37)28(19-30(36)39-22-23-9-5-3-6-10-23)34-18-17-27(20-34)26-15-13-25(14-16-26)24-11-7-4-8-12-24/h3-18,20,28-29,35,38H,19,21-22H2,1-2H3,(H,33,37). The number of amides is 1. The van der Waals surface area contributed by atoms with Crippen molar-refractivity contribution in [3.8, 4) is 22.3 Å². The summed E-state index contributed by atoms with van der Waals surface area (Å²) >= 11 is 0. The van der Waals surface area contributed by atoms with Crippen molar-refractivity contribution in [2.75, 3.05) is 6.61 Å². The van der Waals surface area contributed by atoms with Crippen LogP contribution in [0.15, 0.2) is 103 Å². The van der Waals surface area contributed by atoms with Crippen LogP contribution >= 0.6 is 0 Å². The van der Waals surface area contributed by atoms with E-state index < -0.39 is 36.2 Å². The van der Waals surface area contributed by atoms with Gasteiger partial charge in [0.15, 0.2) is 0 Å². The van der Waals surface area contributed by atoms with Gasteiger partial charge in [-0.2, -0.15) is 0 Å². The lowest BCUT2D eigenvalue weighted by atomic mass is 9.99. The molecule has 0 aliphatic carbocycles. The minimum atomic E-state index is -1.36. The van der Waals surface area contributed by atoms with E-state index in [1.807, 2.05) is 85.1 Å². The Bertz CT molecular complexity index is 1360. The number of carbonyl (C=O) groups is 2. The van der Waals surface area contributed by atoms with Crippen molar-refractivity contribution in [2.24, 2.45) is 0 Å². The first-order valence-electron chi connectivity index (χ1n) is 12.9. The number of esters is 1. The maximum atomic E-state index is 13.4. The summed E-state index contributed by atoms with van der Waals surface area (Å²) in [6.45, 7) is 2.65. The average Bonchev–Trinajstić information content (AvgIpc) is 3.44. The van der Waals surface area contributed by atoms with Gasteiger partial charge in [0.1, 0.15) is 12.6 Å². The number of nitrogens with one attached hydrogen (secondary N) is 1. The molecule has 0 aliphatic heterocycles. The summed E-state index contributed by atoms with van der Waals surface area (Å²) in [5.41, 5.74) is 3.55. The molecular weight excluding hydrogens is 492 g/mol. The maximum Gasteiger partial charge on any atom is 0.308 e. The second-order valence-electron chi connectivity index (χ2n) is 10.1. The third-order valence-electron chi connectivity index (χ3n) is 6.66. The van der Waals surface area contributed by atoms with Gasteiger partial charge in [0.05, 0.1) is 24.7 Å². The SMILES string of the molecule is CC(C)(O)C(CO)NC(=O)C(CC(=O)OCc1ccccc1)n1ccc(-c2ccc(-c3ccccc3)cc2)c1. The third-order valence-corrected chi connectivity index (χ3v) is 6.66. The lowest BCUT2D eigenvalue weighted by molar-refractivity contribution is -0.148. The number of aliphatic hydroxyl groups excluding tert-OH is 1. The summed E-state index contributed by atoms with van der Waals surface area (Å²) in [6.07, 6.45) is 3.33. The van der Waals surface area contributed by atoms with Crippen molar-refractivity contribution >= 4 is 11.9 Å². The molecule has 4 rings (SSSR count). The lowest BCUT2D eigenvalue weighted by Crippen LogP contribution is -2.53. The molecule has 2 unspecified atom stereocenters. The molecule has 0 spiro atoms. The van der Waals surface area contributed by atoms with E-state index in [4.69, 9.17) is 4.74 Å². The predicted octanol–water partition coefficient (Wildman–Crippen LogP) is 4.74. The van der Waals surface area contributed by atoms with Crippen LogP contribution in [0, 0.1) is 0 Å². The number of aromatic nitrogens is 1. The van der Waals surface area contributed by atoms with Gasteiger partial charge < -0.3 is 24.8 Å². The van der Waals surface area contributed by atoms with E-state index in [-0.39, 0.29) is 13.0 Å². The van der Waals surface area contributed by atoms with Crippen LogP contribution in [0.2, 0.25) is 0 Å². The van der Waals surface area contributed by atoms with Gasteiger partial charge in [0.25, 0.3) is 0 Å². The molecule has 1 amide bonds. The Morgan fingerprint density at radius 2 is 1.41 bits per heavy atom. The number of hydrogen-bond donors (Lipinski definition) is 3. The van der Waals surface area contributed by atoms with E-state index in [1.165, 1.54) is 13.8 Å². The van der Waals surface area contributed by atoms with E-state index >= 15 is 0 Å². The molecule has 0 aliphatic rings. The van der Waals surface area contributed by atoms with Gasteiger partial charge in [-0.1, -0.05) is 84.9 Å². The van der Waals surface area contributed by atoms with E-state index in [0.29, 0.717) is 0 Å². The highest BCUT2D eigenvalue weighted by molar-refractivity contribution is 5.86. The first-order chi connectivity index (χ1) is 18.7. The van der Waals surface area contributed by atoms with Crippen molar-refractivity contribution in [2.45, 2.75) is 44.6 Å². The fourth-order valence-electron chi connectivity index (χ4n) is 4.27. The molecule has 4 aromatic rings. The quantitative estimate of drug-likeness (QED) is 0.245. The minimum absolute atomic E-state index is 0.0988. The van der Waals surface area contributed by atoms with Crippen LogP contribution < -0.4 is 5.32 Å². The molecule has 7 heteroatoms. The highest BCUT2D eigenvalue weighted by Gasteiger charge is 2.32. The zero-order chi connectivity index (χ0) is 27.8. The molecule has 3 N–H and O–H groups in total. The van der Waals surface area contributed by atoms with Crippen molar-refractivity contribution in [3.05, 3.63) is 109 Å². The van der Waals surface area contributed by atoms with Gasteiger partial charge in [-0.05, 0) is 47.7 Å². The zero-order valence-corrected chi connectivity index (χ0v) is 22.2. The first kappa shape index (κ1) is 27.8. The first-order valence-corrected chi connectivity index (χ1v) is 12.9. The van der Waals surface area contributed by atoms with Gasteiger partial charge in [0.2, 0.25) is 5.91 Å². The van der Waals surface area contributed by atoms with Gasteiger partial charge in [-0.15, -0.1) is 0 Å². The molecule has 3 aromatic carbocycles. The monoisotopic (exact) mass is 526 g/mol. The second-order valence-corrected chi connectivity index (χ2v) is 10.1. The van der Waals surface area contributed by atoms with Crippen LogP contribution in [-0.4, -0.2) is 44.9 Å². The molecule has 7 nitrogen and oxygen atoms in total. The summed E-state index contributed by atoms with van der Waals surface area (Å²) in [7, 11) is 0. The Morgan fingerprint density at radius 1 is 0.846 bits per heavy atom. The number of aliphatic hydroxyl groups is 2. The van der Waals surface area contributed by atoms with E-state index in [2.05, 4.69) is 17.4 Å². The van der Waals surface area contributed by atoms with Crippen molar-refractivity contribution in [1.82, 2.24) is 9.88 Å². The van der Waals surface area contributed by atoms with Crippen LogP contribution in [0.3, 0.4) is 0 Å². The Labute approximate surface area is 228 Å². The van der Waals surface area contributed by atoms with E-state index in [0.717, 1.165) is 27.8 Å². The van der Waals surface area contributed by atoms with Crippen LogP contribution in [0.4, 0.5) is 0 Å². The third kappa shape index (κ3) is 7.44. The summed E-state index contributed by atoms with van der Waals surface area (Å²) < 4.78 is 7.11. The Morgan fingerprint density at radius 3 is 2.00 bits per heavy atom. The van der Waals surface area contributed by atoms with Crippen molar-refractivity contribution in [1.29, 1.82) is 0 Å². The second kappa shape index (κ2) is 12.6. The molecular formula is C32H34N2O5. The van der Waals surface area contributed by atoms with Gasteiger partial charge >= 0.3 is 5.97 Å². The molecule has 0 fully saturated rings. The molecule has 39 heavy (non-hydrogen) atoms. The van der Waals surface area contributed by atoms with E-state index in [1.54, 1.807) is 10.8 Å². The topological polar surface area (TPSA) is 101 Å². The highest BCUT2D eigenvalue weighted by Crippen LogP contribution is 2.27. The molecule has 202 valence electrons.